The highest BCUT2D eigenvalue weighted by atomic mass is 19.3. The number of carbonyl (C=O) groups is 1. The fourth-order valence-corrected chi connectivity index (χ4v) is 5.57. The fraction of sp³-hybridized carbons (Fsp3) is 0.667. The highest BCUT2D eigenvalue weighted by molar-refractivity contribution is 5.86. The Hall–Kier alpha value is -1.86. The van der Waals surface area contributed by atoms with Gasteiger partial charge in [-0.1, -0.05) is 24.3 Å². The Kier molecular flexibility index (Phi) is 7.33. The lowest BCUT2D eigenvalue weighted by Gasteiger charge is -2.32. The van der Waals surface area contributed by atoms with Crippen LogP contribution in [-0.2, 0) is 11.2 Å². The Labute approximate surface area is 183 Å². The minimum atomic E-state index is -2.25. The molecule has 2 saturated heterocycles. The number of alkyl halides is 2. The van der Waals surface area contributed by atoms with E-state index in [9.17, 15) is 13.6 Å². The highest BCUT2D eigenvalue weighted by Gasteiger charge is 2.42. The second-order valence-corrected chi connectivity index (χ2v) is 9.35. The van der Waals surface area contributed by atoms with Crippen LogP contribution < -0.4 is 10.6 Å². The van der Waals surface area contributed by atoms with Crippen LogP contribution >= 0.6 is 0 Å². The van der Waals surface area contributed by atoms with Gasteiger partial charge in [0.05, 0.1) is 18.6 Å². The van der Waals surface area contributed by atoms with Crippen LogP contribution in [0.25, 0.3) is 0 Å². The van der Waals surface area contributed by atoms with Crippen molar-refractivity contribution >= 4 is 12.1 Å². The molecule has 5 nitrogen and oxygen atoms in total. The number of hydrogen-bond acceptors (Lipinski definition) is 4. The lowest BCUT2D eigenvalue weighted by molar-refractivity contribution is -0.124. The van der Waals surface area contributed by atoms with Crippen molar-refractivity contribution in [1.29, 1.82) is 0 Å². The van der Waals surface area contributed by atoms with Crippen LogP contribution in [0.15, 0.2) is 29.3 Å². The molecule has 1 amide bonds. The normalized spacial score (nSPS) is 27.9. The minimum Gasteiger partial charge on any atom is -0.347 e. The topological polar surface area (TPSA) is 56.7 Å². The van der Waals surface area contributed by atoms with Crippen molar-refractivity contribution in [3.8, 4) is 0 Å². The zero-order valence-corrected chi connectivity index (χ0v) is 18.3. The molecule has 0 radical (unpaired) electrons. The van der Waals surface area contributed by atoms with Gasteiger partial charge in [0.1, 0.15) is 0 Å². The number of piperidine rings is 2. The summed E-state index contributed by atoms with van der Waals surface area (Å²) >= 11 is 0. The monoisotopic (exact) mass is 432 g/mol. The summed E-state index contributed by atoms with van der Waals surface area (Å²) < 4.78 is 25.1. The van der Waals surface area contributed by atoms with Crippen molar-refractivity contribution in [2.75, 3.05) is 26.7 Å². The number of nitrogens with one attached hydrogen (secondary N) is 2. The fourth-order valence-electron chi connectivity index (χ4n) is 5.57. The average molecular weight is 433 g/mol. The smallest absolute Gasteiger partial charge is 0.251 e. The SMILES string of the molecule is C/N=C/[C@H](Cc1ccc(C2CCN(CC(F)F)CC2)cc1)NC(=O)[C@H]1N[C@@H]2CC[C@H]1C2. The average Bonchev–Trinajstić information content (AvgIpc) is 3.38. The van der Waals surface area contributed by atoms with E-state index in [1.54, 1.807) is 7.05 Å². The summed E-state index contributed by atoms with van der Waals surface area (Å²) in [5, 5.41) is 6.63. The first-order valence-electron chi connectivity index (χ1n) is 11.6. The van der Waals surface area contributed by atoms with E-state index in [4.69, 9.17) is 0 Å². The Balaban J connectivity index is 1.30. The van der Waals surface area contributed by atoms with Gasteiger partial charge in [0.2, 0.25) is 5.91 Å². The molecule has 7 heteroatoms. The molecule has 170 valence electrons. The summed E-state index contributed by atoms with van der Waals surface area (Å²) in [5.74, 6) is 0.986. The molecule has 4 atom stereocenters. The number of fused-ring (bicyclic) bond motifs is 2. The van der Waals surface area contributed by atoms with E-state index in [2.05, 4.69) is 39.9 Å². The molecule has 2 heterocycles. The third kappa shape index (κ3) is 5.69. The first-order valence-corrected chi connectivity index (χ1v) is 11.6. The minimum absolute atomic E-state index is 0.0650. The van der Waals surface area contributed by atoms with E-state index in [0.717, 1.165) is 44.3 Å². The number of nitrogens with zero attached hydrogens (tertiary/aromatic N) is 2. The third-order valence-corrected chi connectivity index (χ3v) is 7.19. The summed E-state index contributed by atoms with van der Waals surface area (Å²) in [7, 11) is 1.73. The summed E-state index contributed by atoms with van der Waals surface area (Å²) in [6.45, 7) is 1.35. The van der Waals surface area contributed by atoms with Gasteiger partial charge in [0, 0.05) is 19.3 Å². The molecular weight excluding hydrogens is 398 g/mol. The number of carbonyl (C=O) groups excluding carboxylic acids is 1. The lowest BCUT2D eigenvalue weighted by atomic mass is 9.88. The molecule has 1 aromatic carbocycles. The van der Waals surface area contributed by atoms with Gasteiger partial charge < -0.3 is 10.6 Å². The van der Waals surface area contributed by atoms with Gasteiger partial charge in [-0.15, -0.1) is 0 Å². The largest absolute Gasteiger partial charge is 0.347 e. The zero-order chi connectivity index (χ0) is 21.8. The maximum Gasteiger partial charge on any atom is 0.251 e. The molecular formula is C24H34F2N4O. The molecule has 3 aliphatic rings. The van der Waals surface area contributed by atoms with E-state index in [0.29, 0.717) is 24.3 Å². The number of rotatable bonds is 8. The van der Waals surface area contributed by atoms with E-state index in [-0.39, 0.29) is 24.5 Å². The molecule has 0 unspecified atom stereocenters. The van der Waals surface area contributed by atoms with Crippen molar-refractivity contribution in [2.24, 2.45) is 10.9 Å². The molecule has 1 aromatic rings. The van der Waals surface area contributed by atoms with Crippen LogP contribution in [0, 0.1) is 5.92 Å². The molecule has 0 aromatic heterocycles. The predicted octanol–water partition coefficient (Wildman–Crippen LogP) is 3.00. The van der Waals surface area contributed by atoms with Crippen LogP contribution in [0.5, 0.6) is 0 Å². The molecule has 1 saturated carbocycles. The maximum atomic E-state index is 12.8. The maximum absolute atomic E-state index is 12.8. The molecule has 2 N–H and O–H groups in total. The molecule has 4 rings (SSSR count). The third-order valence-electron chi connectivity index (χ3n) is 7.19. The number of amides is 1. The van der Waals surface area contributed by atoms with Crippen molar-refractivity contribution in [3.05, 3.63) is 35.4 Å². The van der Waals surface area contributed by atoms with Crippen LogP contribution in [-0.4, -0.2) is 68.3 Å². The van der Waals surface area contributed by atoms with Gasteiger partial charge in [0.25, 0.3) is 6.43 Å². The molecule has 2 bridgehead atoms. The van der Waals surface area contributed by atoms with Gasteiger partial charge in [-0.3, -0.25) is 14.7 Å². The number of aliphatic imine (C=N–C) groups is 1. The Morgan fingerprint density at radius 1 is 1.23 bits per heavy atom. The van der Waals surface area contributed by atoms with E-state index >= 15 is 0 Å². The zero-order valence-electron chi connectivity index (χ0n) is 18.3. The Morgan fingerprint density at radius 2 is 1.97 bits per heavy atom. The first-order chi connectivity index (χ1) is 15.0. The number of hydrogen-bond donors (Lipinski definition) is 2. The number of likely N-dealkylation sites (tertiary alicyclic amines) is 1. The van der Waals surface area contributed by atoms with Crippen LogP contribution in [0.2, 0.25) is 0 Å². The standard InChI is InChI=1S/C24H34F2N4O/c1-27-14-21(29-24(31)23-19-6-7-20(13-19)28-23)12-16-2-4-17(5-3-16)18-8-10-30(11-9-18)15-22(25)26/h2-5,14,18-23,28H,6-13,15H2,1H3,(H,29,31)/b27-14+/t19-,20+,21-,23-/m0/s1. The summed E-state index contributed by atoms with van der Waals surface area (Å²) in [6, 6.07) is 8.88. The summed E-state index contributed by atoms with van der Waals surface area (Å²) in [5.41, 5.74) is 2.43. The Bertz CT molecular complexity index is 761. The summed E-state index contributed by atoms with van der Waals surface area (Å²) in [4.78, 5) is 18.8. The van der Waals surface area contributed by atoms with Gasteiger partial charge in [-0.2, -0.15) is 0 Å². The molecule has 0 spiro atoms. The quantitative estimate of drug-likeness (QED) is 0.621. The van der Waals surface area contributed by atoms with Gasteiger partial charge >= 0.3 is 0 Å². The van der Waals surface area contributed by atoms with Gasteiger partial charge in [-0.25, -0.2) is 8.78 Å². The molecule has 2 aliphatic heterocycles. The van der Waals surface area contributed by atoms with Crippen molar-refractivity contribution in [2.45, 2.75) is 69.0 Å². The van der Waals surface area contributed by atoms with Crippen molar-refractivity contribution in [3.63, 3.8) is 0 Å². The predicted molar refractivity (Wildman–Crippen MR) is 119 cm³/mol. The second-order valence-electron chi connectivity index (χ2n) is 9.35. The van der Waals surface area contributed by atoms with Crippen LogP contribution in [0.4, 0.5) is 8.78 Å². The molecule has 3 fully saturated rings. The van der Waals surface area contributed by atoms with Gasteiger partial charge in [0.15, 0.2) is 0 Å². The van der Waals surface area contributed by atoms with Crippen molar-refractivity contribution in [1.82, 2.24) is 15.5 Å². The van der Waals surface area contributed by atoms with Crippen molar-refractivity contribution < 1.29 is 13.6 Å². The van der Waals surface area contributed by atoms with Crippen LogP contribution in [0.1, 0.15) is 49.1 Å². The number of halogens is 2. The van der Waals surface area contributed by atoms with E-state index in [1.807, 2.05) is 11.1 Å². The van der Waals surface area contributed by atoms with E-state index < -0.39 is 6.43 Å². The summed E-state index contributed by atoms with van der Waals surface area (Å²) in [6.07, 6.45) is 5.56. The Morgan fingerprint density at radius 3 is 2.55 bits per heavy atom. The van der Waals surface area contributed by atoms with Gasteiger partial charge in [-0.05, 0) is 74.6 Å². The van der Waals surface area contributed by atoms with Crippen LogP contribution in [0.3, 0.4) is 0 Å². The highest BCUT2D eigenvalue weighted by Crippen LogP contribution is 2.35. The van der Waals surface area contributed by atoms with E-state index in [1.165, 1.54) is 12.0 Å². The first kappa shape index (κ1) is 22.3. The molecule has 1 aliphatic carbocycles. The number of benzene rings is 1. The lowest BCUT2D eigenvalue weighted by Crippen LogP contribution is -2.51. The second kappa shape index (κ2) is 10.2. The molecule has 31 heavy (non-hydrogen) atoms.